The average Bonchev–Trinajstić information content (AvgIpc) is 2.66. The Balaban J connectivity index is 2.00. The number of hydrazone groups is 1. The van der Waals surface area contributed by atoms with Crippen molar-refractivity contribution in [3.8, 4) is 11.5 Å². The highest BCUT2D eigenvalue weighted by Crippen LogP contribution is 2.21. The van der Waals surface area contributed by atoms with Crippen molar-refractivity contribution in [1.29, 1.82) is 0 Å². The summed E-state index contributed by atoms with van der Waals surface area (Å²) in [6, 6.07) is 12.5. The van der Waals surface area contributed by atoms with Crippen molar-refractivity contribution in [2.24, 2.45) is 5.10 Å². The van der Waals surface area contributed by atoms with E-state index in [1.165, 1.54) is 0 Å². The highest BCUT2D eigenvalue weighted by atomic mass is 79.9. The topological polar surface area (TPSA) is 59.9 Å². The zero-order valence-corrected chi connectivity index (χ0v) is 16.2. The number of hydrogen-bond acceptors (Lipinski definition) is 4. The fourth-order valence-corrected chi connectivity index (χ4v) is 2.43. The van der Waals surface area contributed by atoms with Gasteiger partial charge in [0.1, 0.15) is 18.1 Å². The molecule has 2 aromatic carbocycles. The number of carbonyl (C=O) groups excluding carboxylic acids is 1. The van der Waals surface area contributed by atoms with Crippen molar-refractivity contribution in [1.82, 2.24) is 5.43 Å². The molecule has 136 valence electrons. The van der Waals surface area contributed by atoms with E-state index in [9.17, 15) is 4.79 Å². The van der Waals surface area contributed by atoms with Crippen molar-refractivity contribution < 1.29 is 14.3 Å². The third-order valence-electron chi connectivity index (χ3n) is 3.29. The van der Waals surface area contributed by atoms with Crippen LogP contribution in [0.5, 0.6) is 11.5 Å². The highest BCUT2D eigenvalue weighted by Gasteiger charge is 2.05. The molecule has 1 N–H and O–H groups in total. The smallest absolute Gasteiger partial charge is 0.271 e. The van der Waals surface area contributed by atoms with Gasteiger partial charge < -0.3 is 9.47 Å². The van der Waals surface area contributed by atoms with Crippen LogP contribution in [0.4, 0.5) is 0 Å². The quantitative estimate of drug-likeness (QED) is 0.370. The maximum atomic E-state index is 12.2. The molecule has 0 spiro atoms. The van der Waals surface area contributed by atoms with Crippen LogP contribution in [-0.4, -0.2) is 25.3 Å². The van der Waals surface area contributed by atoms with E-state index in [2.05, 4.69) is 33.0 Å². The number of rotatable bonds is 9. The molecule has 0 atom stereocenters. The molecule has 1 amide bonds. The van der Waals surface area contributed by atoms with Gasteiger partial charge in [-0.05, 0) is 48.9 Å². The lowest BCUT2D eigenvalue weighted by molar-refractivity contribution is 0.0955. The number of benzene rings is 2. The molecule has 0 aromatic heterocycles. The molecule has 6 heteroatoms. The number of nitrogens with one attached hydrogen (secondary N) is 1. The summed E-state index contributed by atoms with van der Waals surface area (Å²) in [7, 11) is 0. The van der Waals surface area contributed by atoms with Gasteiger partial charge in [0, 0.05) is 15.6 Å². The number of nitrogens with zero attached hydrogens (tertiary/aromatic N) is 1. The second kappa shape index (κ2) is 10.4. The molecule has 0 bridgehead atoms. The summed E-state index contributed by atoms with van der Waals surface area (Å²) in [5.41, 5.74) is 3.76. The maximum absolute atomic E-state index is 12.2. The molecule has 0 saturated carbocycles. The summed E-state index contributed by atoms with van der Waals surface area (Å²) in [6.07, 6.45) is 4.14. The molecule has 0 saturated heterocycles. The molecule has 0 aliphatic rings. The third kappa shape index (κ3) is 6.04. The van der Waals surface area contributed by atoms with Crippen molar-refractivity contribution in [2.45, 2.75) is 13.3 Å². The van der Waals surface area contributed by atoms with Crippen LogP contribution >= 0.6 is 15.9 Å². The van der Waals surface area contributed by atoms with Crippen LogP contribution in [0.15, 0.2) is 64.7 Å². The predicted molar refractivity (Wildman–Crippen MR) is 107 cm³/mol. The van der Waals surface area contributed by atoms with Gasteiger partial charge in [-0.1, -0.05) is 35.5 Å². The molecule has 0 unspecified atom stereocenters. The van der Waals surface area contributed by atoms with E-state index >= 15 is 0 Å². The van der Waals surface area contributed by atoms with Crippen molar-refractivity contribution >= 4 is 28.1 Å². The second-order valence-electron chi connectivity index (χ2n) is 5.35. The first-order chi connectivity index (χ1) is 12.6. The lowest BCUT2D eigenvalue weighted by Crippen LogP contribution is -2.17. The van der Waals surface area contributed by atoms with E-state index in [1.54, 1.807) is 36.6 Å². The summed E-state index contributed by atoms with van der Waals surface area (Å²) in [4.78, 5) is 12.2. The minimum Gasteiger partial charge on any atom is -0.494 e. The zero-order chi connectivity index (χ0) is 18.8. The molecule has 26 heavy (non-hydrogen) atoms. The largest absolute Gasteiger partial charge is 0.494 e. The van der Waals surface area contributed by atoms with Gasteiger partial charge >= 0.3 is 0 Å². The molecule has 0 heterocycles. The van der Waals surface area contributed by atoms with Crippen LogP contribution in [0.25, 0.3) is 0 Å². The van der Waals surface area contributed by atoms with E-state index in [0.717, 1.165) is 22.2 Å². The minimum absolute atomic E-state index is 0.299. The standard InChI is InChI=1S/C20H21BrN2O3/c1-3-11-25-18-8-5-15(6-9-18)20(24)23-22-14-16-13-17(21)7-10-19(16)26-12-4-2/h4-10,13-14H,2-3,11-12H2,1H3,(H,23,24). The van der Waals surface area contributed by atoms with E-state index in [-0.39, 0.29) is 5.91 Å². The van der Waals surface area contributed by atoms with E-state index < -0.39 is 0 Å². The molecule has 2 rings (SSSR count). The second-order valence-corrected chi connectivity index (χ2v) is 6.27. The molecular formula is C20H21BrN2O3. The van der Waals surface area contributed by atoms with Gasteiger partial charge in [-0.25, -0.2) is 5.43 Å². The number of ether oxygens (including phenoxy) is 2. The molecule has 5 nitrogen and oxygen atoms in total. The normalized spacial score (nSPS) is 10.5. The van der Waals surface area contributed by atoms with Crippen LogP contribution < -0.4 is 14.9 Å². The number of amides is 1. The zero-order valence-electron chi connectivity index (χ0n) is 14.6. The van der Waals surface area contributed by atoms with Crippen molar-refractivity contribution in [3.63, 3.8) is 0 Å². The summed E-state index contributed by atoms with van der Waals surface area (Å²) in [6.45, 7) is 6.71. The Kier molecular flexibility index (Phi) is 7.89. The van der Waals surface area contributed by atoms with Crippen LogP contribution in [0.3, 0.4) is 0 Å². The predicted octanol–water partition coefficient (Wildman–Crippen LogP) is 4.57. The van der Waals surface area contributed by atoms with Gasteiger partial charge in [0.2, 0.25) is 0 Å². The van der Waals surface area contributed by atoms with Crippen LogP contribution in [0, 0.1) is 0 Å². The lowest BCUT2D eigenvalue weighted by Gasteiger charge is -2.07. The summed E-state index contributed by atoms with van der Waals surface area (Å²) in [5.74, 6) is 1.10. The number of halogens is 1. The average molecular weight is 417 g/mol. The first kappa shape index (κ1) is 19.7. The van der Waals surface area contributed by atoms with Crippen LogP contribution in [0.2, 0.25) is 0 Å². The Bertz CT molecular complexity index is 773. The molecule has 2 aromatic rings. The molecular weight excluding hydrogens is 396 g/mol. The third-order valence-corrected chi connectivity index (χ3v) is 3.78. The number of carbonyl (C=O) groups is 1. The van der Waals surface area contributed by atoms with Crippen LogP contribution in [0.1, 0.15) is 29.3 Å². The first-order valence-corrected chi connectivity index (χ1v) is 9.03. The summed E-state index contributed by atoms with van der Waals surface area (Å²) >= 11 is 3.41. The SMILES string of the molecule is C=CCOc1ccc(Br)cc1C=NNC(=O)c1ccc(OCCC)cc1. The van der Waals surface area contributed by atoms with E-state index in [1.807, 2.05) is 25.1 Å². The van der Waals surface area contributed by atoms with Gasteiger partial charge in [-0.3, -0.25) is 4.79 Å². The van der Waals surface area contributed by atoms with E-state index in [0.29, 0.717) is 24.5 Å². The summed E-state index contributed by atoms with van der Waals surface area (Å²) in [5, 5.41) is 4.02. The Morgan fingerprint density at radius 1 is 1.23 bits per heavy atom. The first-order valence-electron chi connectivity index (χ1n) is 8.23. The van der Waals surface area contributed by atoms with Crippen molar-refractivity contribution in [3.05, 3.63) is 70.7 Å². The molecule has 0 radical (unpaired) electrons. The van der Waals surface area contributed by atoms with Gasteiger partial charge in [0.15, 0.2) is 0 Å². The molecule has 0 fully saturated rings. The van der Waals surface area contributed by atoms with Crippen LogP contribution in [-0.2, 0) is 0 Å². The highest BCUT2D eigenvalue weighted by molar-refractivity contribution is 9.10. The van der Waals surface area contributed by atoms with Gasteiger partial charge in [-0.15, -0.1) is 0 Å². The van der Waals surface area contributed by atoms with Gasteiger partial charge in [0.05, 0.1) is 12.8 Å². The van der Waals surface area contributed by atoms with E-state index in [4.69, 9.17) is 9.47 Å². The fraction of sp³-hybridized carbons (Fsp3) is 0.200. The lowest BCUT2D eigenvalue weighted by atomic mass is 10.2. The van der Waals surface area contributed by atoms with Crippen molar-refractivity contribution in [2.75, 3.05) is 13.2 Å². The maximum Gasteiger partial charge on any atom is 0.271 e. The Hall–Kier alpha value is -2.60. The van der Waals surface area contributed by atoms with Gasteiger partial charge in [-0.2, -0.15) is 5.10 Å². The van der Waals surface area contributed by atoms with Gasteiger partial charge in [0.25, 0.3) is 5.91 Å². The molecule has 0 aliphatic carbocycles. The Morgan fingerprint density at radius 3 is 2.69 bits per heavy atom. The fourth-order valence-electron chi connectivity index (χ4n) is 2.05. The number of hydrogen-bond donors (Lipinski definition) is 1. The monoisotopic (exact) mass is 416 g/mol. The summed E-state index contributed by atoms with van der Waals surface area (Å²) < 4.78 is 12.0. The molecule has 0 aliphatic heterocycles. The Labute approximate surface area is 161 Å². The minimum atomic E-state index is -0.299. The Morgan fingerprint density at radius 2 is 2.00 bits per heavy atom.